The van der Waals surface area contributed by atoms with Gasteiger partial charge < -0.3 is 11.1 Å². The molecule has 0 aliphatic rings. The van der Waals surface area contributed by atoms with Gasteiger partial charge in [-0.2, -0.15) is 0 Å². The van der Waals surface area contributed by atoms with Gasteiger partial charge >= 0.3 is 0 Å². The lowest BCUT2D eigenvalue weighted by molar-refractivity contribution is 0.520. The fourth-order valence-electron chi connectivity index (χ4n) is 1.79. The molecule has 0 amide bonds. The van der Waals surface area contributed by atoms with Crippen LogP contribution in [0.1, 0.15) is 27.7 Å². The van der Waals surface area contributed by atoms with Gasteiger partial charge in [0.05, 0.1) is 5.69 Å². The lowest BCUT2D eigenvalue weighted by atomic mass is 10.0. The van der Waals surface area contributed by atoms with Crippen molar-refractivity contribution in [2.75, 3.05) is 11.9 Å². The van der Waals surface area contributed by atoms with Gasteiger partial charge in [-0.3, -0.25) is 0 Å². The van der Waals surface area contributed by atoms with Crippen molar-refractivity contribution in [3.63, 3.8) is 0 Å². The van der Waals surface area contributed by atoms with Crippen molar-refractivity contribution < 1.29 is 8.42 Å². The van der Waals surface area contributed by atoms with Gasteiger partial charge in [-0.1, -0.05) is 19.1 Å². The summed E-state index contributed by atoms with van der Waals surface area (Å²) in [5.74, 6) is 0.254. The minimum Gasteiger partial charge on any atom is -0.381 e. The Hall–Kier alpha value is -1.11. The molecule has 5 nitrogen and oxygen atoms in total. The first-order valence-corrected chi connectivity index (χ1v) is 8.34. The number of hydrogen-bond acceptors (Lipinski definition) is 4. The number of nitrogens with one attached hydrogen (secondary N) is 2. The molecule has 2 atom stereocenters. The van der Waals surface area contributed by atoms with E-state index < -0.39 is 10.0 Å². The zero-order chi connectivity index (χ0) is 15.3. The Morgan fingerprint density at radius 3 is 2.30 bits per heavy atom. The minimum absolute atomic E-state index is 0.0930. The van der Waals surface area contributed by atoms with Crippen LogP contribution < -0.4 is 15.8 Å². The minimum atomic E-state index is -3.51. The lowest BCUT2D eigenvalue weighted by Gasteiger charge is -2.23. The number of anilines is 1. The summed E-state index contributed by atoms with van der Waals surface area (Å²) in [4.78, 5) is 0.268. The van der Waals surface area contributed by atoms with Crippen LogP contribution in [0, 0.1) is 5.92 Å². The van der Waals surface area contributed by atoms with Gasteiger partial charge in [-0.15, -0.1) is 0 Å². The van der Waals surface area contributed by atoms with Crippen LogP contribution in [-0.2, 0) is 10.0 Å². The third kappa shape index (κ3) is 4.47. The molecular formula is C14H25N3O2S. The summed E-state index contributed by atoms with van der Waals surface area (Å²) < 4.78 is 27.2. The molecule has 114 valence electrons. The molecule has 2 unspecified atom stereocenters. The van der Waals surface area contributed by atoms with Gasteiger partial charge in [0.15, 0.2) is 0 Å². The van der Waals surface area contributed by atoms with Crippen LogP contribution in [0.4, 0.5) is 5.69 Å². The van der Waals surface area contributed by atoms with Crippen molar-refractivity contribution >= 4 is 15.7 Å². The first-order chi connectivity index (χ1) is 9.27. The summed E-state index contributed by atoms with van der Waals surface area (Å²) in [5.41, 5.74) is 6.25. The maximum atomic E-state index is 12.3. The summed E-state index contributed by atoms with van der Waals surface area (Å²) in [6, 6.07) is 6.86. The van der Waals surface area contributed by atoms with Crippen molar-refractivity contribution in [1.29, 1.82) is 0 Å². The highest BCUT2D eigenvalue weighted by Gasteiger charge is 2.20. The van der Waals surface area contributed by atoms with Crippen LogP contribution in [0.5, 0.6) is 0 Å². The molecule has 20 heavy (non-hydrogen) atoms. The molecule has 0 aliphatic heterocycles. The van der Waals surface area contributed by atoms with Crippen molar-refractivity contribution in [2.24, 2.45) is 11.7 Å². The van der Waals surface area contributed by atoms with E-state index in [1.165, 1.54) is 0 Å². The van der Waals surface area contributed by atoms with Crippen LogP contribution in [-0.4, -0.2) is 27.0 Å². The van der Waals surface area contributed by atoms with Crippen molar-refractivity contribution in [1.82, 2.24) is 4.72 Å². The molecule has 0 bridgehead atoms. The van der Waals surface area contributed by atoms with Gasteiger partial charge in [0.1, 0.15) is 4.90 Å². The highest BCUT2D eigenvalue weighted by Crippen LogP contribution is 2.22. The molecule has 0 aliphatic carbocycles. The molecule has 0 spiro atoms. The number of nitrogens with two attached hydrogens (primary N) is 1. The van der Waals surface area contributed by atoms with Crippen LogP contribution in [0.25, 0.3) is 0 Å². The first kappa shape index (κ1) is 16.9. The fourth-order valence-corrected chi connectivity index (χ4v) is 3.21. The Bertz CT molecular complexity index is 529. The third-order valence-corrected chi connectivity index (χ3v) is 4.89. The average molecular weight is 299 g/mol. The Balaban J connectivity index is 3.05. The van der Waals surface area contributed by atoms with E-state index in [1.54, 1.807) is 32.0 Å². The van der Waals surface area contributed by atoms with E-state index in [-0.39, 0.29) is 22.9 Å². The van der Waals surface area contributed by atoms with Crippen LogP contribution >= 0.6 is 0 Å². The van der Waals surface area contributed by atoms with Crippen molar-refractivity contribution in [3.8, 4) is 0 Å². The van der Waals surface area contributed by atoms with Crippen LogP contribution in [0.15, 0.2) is 29.2 Å². The number of sulfonamides is 1. The zero-order valence-corrected chi connectivity index (χ0v) is 13.4. The second kappa shape index (κ2) is 7.06. The second-order valence-electron chi connectivity index (χ2n) is 5.42. The largest absolute Gasteiger partial charge is 0.381 e. The molecule has 0 heterocycles. The van der Waals surface area contributed by atoms with Crippen LogP contribution in [0.2, 0.25) is 0 Å². The third-order valence-electron chi connectivity index (χ3n) is 3.18. The van der Waals surface area contributed by atoms with E-state index >= 15 is 0 Å². The zero-order valence-electron chi connectivity index (χ0n) is 12.6. The molecule has 1 aromatic carbocycles. The molecule has 0 saturated heterocycles. The standard InChI is InChI=1S/C14H25N3O2S/c1-10(2)17-20(18,19)14-8-6-5-7-13(14)16-12(4)11(3)9-15/h5-8,10-12,16-17H,9,15H2,1-4H3. The van der Waals surface area contributed by atoms with E-state index in [2.05, 4.69) is 10.0 Å². The summed E-state index contributed by atoms with van der Waals surface area (Å²) in [6.07, 6.45) is 0. The lowest BCUT2D eigenvalue weighted by Crippen LogP contribution is -2.33. The quantitative estimate of drug-likeness (QED) is 0.716. The Morgan fingerprint density at radius 2 is 1.75 bits per heavy atom. The topological polar surface area (TPSA) is 84.2 Å². The number of hydrogen-bond donors (Lipinski definition) is 3. The summed E-state index contributed by atoms with van der Waals surface area (Å²) in [7, 11) is -3.51. The molecule has 0 saturated carbocycles. The monoisotopic (exact) mass is 299 g/mol. The highest BCUT2D eigenvalue weighted by molar-refractivity contribution is 7.89. The van der Waals surface area contributed by atoms with E-state index in [9.17, 15) is 8.42 Å². The van der Waals surface area contributed by atoms with E-state index in [1.807, 2.05) is 19.9 Å². The van der Waals surface area contributed by atoms with Gasteiger partial charge in [0.25, 0.3) is 0 Å². The highest BCUT2D eigenvalue weighted by atomic mass is 32.2. The summed E-state index contributed by atoms with van der Waals surface area (Å²) >= 11 is 0. The molecule has 6 heteroatoms. The van der Waals surface area contributed by atoms with E-state index in [0.29, 0.717) is 12.2 Å². The molecule has 0 aromatic heterocycles. The molecule has 0 fully saturated rings. The van der Waals surface area contributed by atoms with Gasteiger partial charge in [-0.05, 0) is 45.4 Å². The predicted octanol–water partition coefficient (Wildman–Crippen LogP) is 1.77. The fraction of sp³-hybridized carbons (Fsp3) is 0.571. The van der Waals surface area contributed by atoms with Crippen molar-refractivity contribution in [3.05, 3.63) is 24.3 Å². The first-order valence-electron chi connectivity index (χ1n) is 6.86. The SMILES string of the molecule is CC(C)NS(=O)(=O)c1ccccc1NC(C)C(C)CN. The average Bonchev–Trinajstić information content (AvgIpc) is 2.36. The normalized spacial score (nSPS) is 15.1. The van der Waals surface area contributed by atoms with E-state index in [0.717, 1.165) is 0 Å². The van der Waals surface area contributed by atoms with Crippen LogP contribution in [0.3, 0.4) is 0 Å². The molecule has 4 N–H and O–H groups in total. The molecule has 1 aromatic rings. The van der Waals surface area contributed by atoms with E-state index in [4.69, 9.17) is 5.73 Å². The number of benzene rings is 1. The Kier molecular flexibility index (Phi) is 5.98. The summed E-state index contributed by atoms with van der Waals surface area (Å²) in [5, 5.41) is 3.24. The van der Waals surface area contributed by atoms with Crippen molar-refractivity contribution in [2.45, 2.75) is 44.7 Å². The molecule has 0 radical (unpaired) electrons. The Morgan fingerprint density at radius 1 is 1.15 bits per heavy atom. The smallest absolute Gasteiger partial charge is 0.242 e. The maximum absolute atomic E-state index is 12.3. The summed E-state index contributed by atoms with van der Waals surface area (Å²) in [6.45, 7) is 8.17. The second-order valence-corrected chi connectivity index (χ2v) is 7.10. The molecular weight excluding hydrogens is 274 g/mol. The molecule has 1 rings (SSSR count). The predicted molar refractivity (Wildman–Crippen MR) is 83.2 cm³/mol. The number of rotatable bonds is 7. The van der Waals surface area contributed by atoms with Gasteiger partial charge in [-0.25, -0.2) is 13.1 Å². The maximum Gasteiger partial charge on any atom is 0.242 e. The Labute approximate surface area is 122 Å². The van der Waals surface area contributed by atoms with Gasteiger partial charge in [0.2, 0.25) is 10.0 Å². The number of para-hydroxylation sites is 1. The van der Waals surface area contributed by atoms with Gasteiger partial charge in [0, 0.05) is 12.1 Å².